The summed E-state index contributed by atoms with van der Waals surface area (Å²) in [6, 6.07) is 5.99. The molecule has 2 aliphatic carbocycles. The van der Waals surface area contributed by atoms with Crippen molar-refractivity contribution in [3.63, 3.8) is 0 Å². The van der Waals surface area contributed by atoms with Crippen molar-refractivity contribution >= 4 is 33.1 Å². The van der Waals surface area contributed by atoms with E-state index in [1.54, 1.807) is 11.3 Å². The summed E-state index contributed by atoms with van der Waals surface area (Å²) in [5, 5.41) is 4.13. The van der Waals surface area contributed by atoms with Crippen LogP contribution in [-0.2, 0) is 4.79 Å². The lowest BCUT2D eigenvalue weighted by Gasteiger charge is -2.20. The first-order chi connectivity index (χ1) is 10.2. The molecule has 21 heavy (non-hydrogen) atoms. The van der Waals surface area contributed by atoms with Crippen LogP contribution in [-0.4, -0.2) is 10.9 Å². The minimum absolute atomic E-state index is 0.174. The highest BCUT2D eigenvalue weighted by molar-refractivity contribution is 7.18. The molecule has 2 aromatic rings. The third kappa shape index (κ3) is 2.57. The second kappa shape index (κ2) is 5.09. The second-order valence-electron chi connectivity index (χ2n) is 6.60. The third-order valence-corrected chi connectivity index (χ3v) is 6.04. The number of benzene rings is 1. The van der Waals surface area contributed by atoms with Crippen molar-refractivity contribution in [1.29, 1.82) is 0 Å². The molecule has 0 spiro atoms. The first-order valence-corrected chi connectivity index (χ1v) is 8.66. The number of hydrogen-bond acceptors (Lipinski definition) is 3. The lowest BCUT2D eigenvalue weighted by molar-refractivity contribution is -0.117. The summed E-state index contributed by atoms with van der Waals surface area (Å²) in [6.07, 6.45) is 6.06. The Bertz CT molecular complexity index is 693. The van der Waals surface area contributed by atoms with Crippen LogP contribution in [0.15, 0.2) is 18.2 Å². The highest BCUT2D eigenvalue weighted by Crippen LogP contribution is 2.49. The highest BCUT2D eigenvalue weighted by Gasteiger charge is 2.40. The van der Waals surface area contributed by atoms with E-state index < -0.39 is 0 Å². The predicted octanol–water partition coefficient (Wildman–Crippen LogP) is 4.37. The predicted molar refractivity (Wildman–Crippen MR) is 86.5 cm³/mol. The lowest BCUT2D eigenvalue weighted by atomic mass is 9.86. The fourth-order valence-electron chi connectivity index (χ4n) is 4.19. The van der Waals surface area contributed by atoms with E-state index in [0.717, 1.165) is 32.7 Å². The van der Waals surface area contributed by atoms with Crippen LogP contribution in [0.5, 0.6) is 0 Å². The fourth-order valence-corrected chi connectivity index (χ4v) is 5.06. The molecule has 2 fully saturated rings. The van der Waals surface area contributed by atoms with Gasteiger partial charge in [0.15, 0.2) is 0 Å². The van der Waals surface area contributed by atoms with Gasteiger partial charge in [0, 0.05) is 12.1 Å². The van der Waals surface area contributed by atoms with E-state index in [4.69, 9.17) is 0 Å². The Morgan fingerprint density at radius 3 is 3.05 bits per heavy atom. The van der Waals surface area contributed by atoms with Crippen molar-refractivity contribution in [1.82, 2.24) is 4.98 Å². The summed E-state index contributed by atoms with van der Waals surface area (Å²) < 4.78 is 1.14. The molecule has 2 bridgehead atoms. The Kier molecular flexibility index (Phi) is 3.21. The number of anilines is 1. The minimum Gasteiger partial charge on any atom is -0.326 e. The fraction of sp³-hybridized carbons (Fsp3) is 0.529. The summed E-state index contributed by atoms with van der Waals surface area (Å²) >= 11 is 1.67. The molecular weight excluding hydrogens is 280 g/mol. The quantitative estimate of drug-likeness (QED) is 0.914. The topological polar surface area (TPSA) is 42.0 Å². The van der Waals surface area contributed by atoms with Gasteiger partial charge in [-0.1, -0.05) is 6.42 Å². The van der Waals surface area contributed by atoms with Crippen molar-refractivity contribution in [2.24, 2.45) is 17.8 Å². The van der Waals surface area contributed by atoms with Gasteiger partial charge in [-0.3, -0.25) is 4.79 Å². The van der Waals surface area contributed by atoms with Crippen LogP contribution in [0.2, 0.25) is 0 Å². The Morgan fingerprint density at radius 2 is 2.29 bits per heavy atom. The molecule has 0 saturated heterocycles. The molecule has 2 saturated carbocycles. The van der Waals surface area contributed by atoms with Crippen LogP contribution in [0.25, 0.3) is 10.2 Å². The van der Waals surface area contributed by atoms with Crippen molar-refractivity contribution in [3.8, 4) is 0 Å². The number of hydrogen-bond donors (Lipinski definition) is 1. The maximum atomic E-state index is 12.3. The molecule has 1 aromatic carbocycles. The van der Waals surface area contributed by atoms with Gasteiger partial charge in [-0.15, -0.1) is 11.3 Å². The largest absolute Gasteiger partial charge is 0.326 e. The molecule has 1 heterocycles. The van der Waals surface area contributed by atoms with Gasteiger partial charge >= 0.3 is 0 Å². The SMILES string of the molecule is Cc1nc2ccc(NC(=O)C[C@@H]3C[C@@H]4CC[C@@H]3C4)cc2s1. The molecule has 1 aromatic heterocycles. The Balaban J connectivity index is 1.43. The van der Waals surface area contributed by atoms with Gasteiger partial charge < -0.3 is 5.32 Å². The number of carbonyl (C=O) groups is 1. The average Bonchev–Trinajstić information content (AvgIpc) is 3.11. The molecule has 1 amide bonds. The number of aromatic nitrogens is 1. The molecule has 0 unspecified atom stereocenters. The zero-order chi connectivity index (χ0) is 14.4. The van der Waals surface area contributed by atoms with Crippen molar-refractivity contribution in [3.05, 3.63) is 23.2 Å². The second-order valence-corrected chi connectivity index (χ2v) is 7.84. The van der Waals surface area contributed by atoms with Gasteiger partial charge in [0.25, 0.3) is 0 Å². The van der Waals surface area contributed by atoms with Crippen LogP contribution >= 0.6 is 11.3 Å². The molecule has 3 nitrogen and oxygen atoms in total. The number of nitrogens with zero attached hydrogens (tertiary/aromatic N) is 1. The molecule has 110 valence electrons. The van der Waals surface area contributed by atoms with Crippen molar-refractivity contribution < 1.29 is 4.79 Å². The lowest BCUT2D eigenvalue weighted by Crippen LogP contribution is -2.20. The average molecular weight is 300 g/mol. The van der Waals surface area contributed by atoms with E-state index in [2.05, 4.69) is 10.3 Å². The Morgan fingerprint density at radius 1 is 1.38 bits per heavy atom. The maximum Gasteiger partial charge on any atom is 0.224 e. The Hall–Kier alpha value is -1.42. The van der Waals surface area contributed by atoms with Gasteiger partial charge in [0.1, 0.15) is 0 Å². The molecule has 3 atom stereocenters. The zero-order valence-electron chi connectivity index (χ0n) is 12.3. The number of fused-ring (bicyclic) bond motifs is 3. The van der Waals surface area contributed by atoms with Crippen molar-refractivity contribution in [2.75, 3.05) is 5.32 Å². The molecular formula is C17H20N2OS. The Labute approximate surface area is 128 Å². The van der Waals surface area contributed by atoms with Gasteiger partial charge in [-0.2, -0.15) is 0 Å². The number of carbonyl (C=O) groups excluding carboxylic acids is 1. The minimum atomic E-state index is 0.174. The van der Waals surface area contributed by atoms with Gasteiger partial charge in [-0.25, -0.2) is 4.98 Å². The van der Waals surface area contributed by atoms with E-state index in [1.807, 2.05) is 25.1 Å². The summed E-state index contributed by atoms with van der Waals surface area (Å²) in [7, 11) is 0. The van der Waals surface area contributed by atoms with Crippen LogP contribution in [0.4, 0.5) is 5.69 Å². The van der Waals surface area contributed by atoms with Crippen LogP contribution in [0, 0.1) is 24.7 Å². The van der Waals surface area contributed by atoms with E-state index in [0.29, 0.717) is 12.3 Å². The summed E-state index contributed by atoms with van der Waals surface area (Å²) in [5.41, 5.74) is 1.92. The molecule has 0 radical (unpaired) electrons. The molecule has 4 heteroatoms. The van der Waals surface area contributed by atoms with E-state index in [1.165, 1.54) is 25.7 Å². The number of nitrogens with one attached hydrogen (secondary N) is 1. The first-order valence-electron chi connectivity index (χ1n) is 7.84. The smallest absolute Gasteiger partial charge is 0.224 e. The van der Waals surface area contributed by atoms with E-state index in [9.17, 15) is 4.79 Å². The monoisotopic (exact) mass is 300 g/mol. The summed E-state index contributed by atoms with van der Waals surface area (Å²) in [4.78, 5) is 16.7. The van der Waals surface area contributed by atoms with Crippen LogP contribution in [0.1, 0.15) is 37.1 Å². The number of amides is 1. The van der Waals surface area contributed by atoms with Crippen LogP contribution in [0.3, 0.4) is 0 Å². The normalized spacial score (nSPS) is 27.4. The molecule has 2 aliphatic rings. The molecule has 1 N–H and O–H groups in total. The summed E-state index contributed by atoms with van der Waals surface area (Å²) in [6.45, 7) is 2.01. The van der Waals surface area contributed by atoms with Gasteiger partial charge in [0.05, 0.1) is 15.2 Å². The maximum absolute atomic E-state index is 12.3. The third-order valence-electron chi connectivity index (χ3n) is 5.11. The number of thiazole rings is 1. The van der Waals surface area contributed by atoms with Crippen molar-refractivity contribution in [2.45, 2.75) is 39.0 Å². The zero-order valence-corrected chi connectivity index (χ0v) is 13.1. The van der Waals surface area contributed by atoms with E-state index in [-0.39, 0.29) is 5.91 Å². The molecule has 0 aliphatic heterocycles. The standard InChI is InChI=1S/C17H20N2OS/c1-10-18-15-5-4-14(9-16(15)21-10)19-17(20)8-13-7-11-2-3-12(13)6-11/h4-5,9,11-13H,2-3,6-8H2,1H3,(H,19,20)/t11-,12-,13+/m1/s1. The van der Waals surface area contributed by atoms with E-state index >= 15 is 0 Å². The van der Waals surface area contributed by atoms with Gasteiger partial charge in [0.2, 0.25) is 5.91 Å². The number of aryl methyl sites for hydroxylation is 1. The number of rotatable bonds is 3. The summed E-state index contributed by atoms with van der Waals surface area (Å²) in [5.74, 6) is 2.52. The van der Waals surface area contributed by atoms with Gasteiger partial charge in [-0.05, 0) is 62.1 Å². The van der Waals surface area contributed by atoms with Crippen LogP contribution < -0.4 is 5.32 Å². The first kappa shape index (κ1) is 13.3. The molecule has 4 rings (SSSR count). The highest BCUT2D eigenvalue weighted by atomic mass is 32.1.